The predicted octanol–water partition coefficient (Wildman–Crippen LogP) is 2.58. The van der Waals surface area contributed by atoms with Crippen molar-refractivity contribution < 1.29 is 12.9 Å². The van der Waals surface area contributed by atoms with E-state index in [0.29, 0.717) is 23.0 Å². The maximum atomic E-state index is 12.5. The summed E-state index contributed by atoms with van der Waals surface area (Å²) in [5, 5.41) is 3.82. The lowest BCUT2D eigenvalue weighted by Crippen LogP contribution is -2.35. The Bertz CT molecular complexity index is 640. The average molecular weight is 298 g/mol. The quantitative estimate of drug-likeness (QED) is 0.873. The topological polar surface area (TPSA) is 63.4 Å². The van der Waals surface area contributed by atoms with Gasteiger partial charge in [0.05, 0.1) is 4.88 Å². The summed E-state index contributed by atoms with van der Waals surface area (Å²) < 4.78 is 31.7. The van der Waals surface area contributed by atoms with Crippen molar-refractivity contribution in [2.45, 2.75) is 23.5 Å². The van der Waals surface area contributed by atoms with Crippen LogP contribution in [0, 0.1) is 0 Å². The van der Waals surface area contributed by atoms with Gasteiger partial charge >= 0.3 is 0 Å². The first-order valence-corrected chi connectivity index (χ1v) is 8.44. The minimum absolute atomic E-state index is 0.382. The Morgan fingerprint density at radius 1 is 1.16 bits per heavy atom. The van der Waals surface area contributed by atoms with Gasteiger partial charge in [-0.1, -0.05) is 11.6 Å². The van der Waals surface area contributed by atoms with Crippen LogP contribution in [-0.2, 0) is 10.0 Å². The number of nitrogens with zero attached hydrogens (tertiary/aromatic N) is 2. The molecule has 1 aliphatic heterocycles. The van der Waals surface area contributed by atoms with E-state index in [4.69, 9.17) is 4.52 Å². The van der Waals surface area contributed by atoms with Crippen LogP contribution in [-0.4, -0.2) is 31.0 Å². The number of thiophene rings is 1. The third-order valence-corrected chi connectivity index (χ3v) is 6.65. The molecule has 3 rings (SSSR count). The van der Waals surface area contributed by atoms with E-state index >= 15 is 0 Å². The lowest BCUT2D eigenvalue weighted by Gasteiger charge is -2.25. The Morgan fingerprint density at radius 3 is 2.63 bits per heavy atom. The number of piperidine rings is 1. The first kappa shape index (κ1) is 12.8. The number of rotatable bonds is 3. The summed E-state index contributed by atoms with van der Waals surface area (Å²) in [5.41, 5.74) is 0.671. The molecule has 0 unspecified atom stereocenters. The van der Waals surface area contributed by atoms with Gasteiger partial charge in [-0.2, -0.15) is 4.31 Å². The summed E-state index contributed by atoms with van der Waals surface area (Å²) in [7, 11) is -3.34. The molecule has 0 radical (unpaired) electrons. The van der Waals surface area contributed by atoms with E-state index in [2.05, 4.69) is 5.16 Å². The van der Waals surface area contributed by atoms with E-state index in [1.165, 1.54) is 17.6 Å². The van der Waals surface area contributed by atoms with Gasteiger partial charge in [0.1, 0.15) is 16.2 Å². The van der Waals surface area contributed by atoms with Crippen LogP contribution in [0.15, 0.2) is 33.2 Å². The fourth-order valence-corrected chi connectivity index (χ4v) is 5.11. The molecule has 2 aromatic rings. The molecule has 0 N–H and O–H groups in total. The molecular weight excluding hydrogens is 284 g/mol. The lowest BCUT2D eigenvalue weighted by atomic mass is 10.2. The maximum absolute atomic E-state index is 12.5. The van der Waals surface area contributed by atoms with E-state index in [9.17, 15) is 8.42 Å². The molecule has 0 amide bonds. The highest BCUT2D eigenvalue weighted by Crippen LogP contribution is 2.32. The third kappa shape index (κ3) is 2.45. The van der Waals surface area contributed by atoms with Crippen molar-refractivity contribution in [3.63, 3.8) is 0 Å². The van der Waals surface area contributed by atoms with Crippen molar-refractivity contribution in [2.75, 3.05) is 13.1 Å². The summed E-state index contributed by atoms with van der Waals surface area (Å²) in [6.07, 6.45) is 4.48. The zero-order valence-electron chi connectivity index (χ0n) is 10.3. The molecule has 5 nitrogen and oxygen atoms in total. The summed E-state index contributed by atoms with van der Waals surface area (Å²) in [6, 6.07) is 5.15. The first-order valence-electron chi connectivity index (χ1n) is 6.19. The van der Waals surface area contributed by atoms with Crippen molar-refractivity contribution >= 4 is 21.4 Å². The molecule has 3 heterocycles. The molecule has 7 heteroatoms. The molecule has 0 bridgehead atoms. The zero-order chi connectivity index (χ0) is 13.3. The van der Waals surface area contributed by atoms with E-state index in [0.717, 1.165) is 24.1 Å². The van der Waals surface area contributed by atoms with E-state index in [-0.39, 0.29) is 0 Å². The highest BCUT2D eigenvalue weighted by Gasteiger charge is 2.27. The van der Waals surface area contributed by atoms with Gasteiger partial charge in [0.15, 0.2) is 0 Å². The Balaban J connectivity index is 1.89. The van der Waals surface area contributed by atoms with Gasteiger partial charge in [0.2, 0.25) is 0 Å². The fraction of sp³-hybridized carbons (Fsp3) is 0.417. The second-order valence-corrected chi connectivity index (χ2v) is 7.72. The largest absolute Gasteiger partial charge is 0.364 e. The molecule has 1 aliphatic rings. The maximum Gasteiger partial charge on any atom is 0.252 e. The number of hydrogen-bond acceptors (Lipinski definition) is 5. The van der Waals surface area contributed by atoms with Crippen LogP contribution in [0.1, 0.15) is 19.3 Å². The molecule has 0 spiro atoms. The van der Waals surface area contributed by atoms with Crippen LogP contribution < -0.4 is 0 Å². The Morgan fingerprint density at radius 2 is 1.95 bits per heavy atom. The second-order valence-electron chi connectivity index (χ2n) is 4.47. The summed E-state index contributed by atoms with van der Waals surface area (Å²) in [6.45, 7) is 1.25. The highest BCUT2D eigenvalue weighted by atomic mass is 32.2. The molecule has 19 heavy (non-hydrogen) atoms. The average Bonchev–Trinajstić information content (AvgIpc) is 3.10. The van der Waals surface area contributed by atoms with Gasteiger partial charge in [-0.15, -0.1) is 11.3 Å². The van der Waals surface area contributed by atoms with Gasteiger partial charge in [-0.25, -0.2) is 8.42 Å². The monoisotopic (exact) mass is 298 g/mol. The van der Waals surface area contributed by atoms with Crippen LogP contribution >= 0.6 is 11.3 Å². The SMILES string of the molecule is O=S(=O)(c1ccc(-c2ccon2)s1)N1CCCCC1. The van der Waals surface area contributed by atoms with Crippen molar-refractivity contribution in [1.29, 1.82) is 0 Å². The third-order valence-electron chi connectivity index (χ3n) is 3.18. The van der Waals surface area contributed by atoms with Gasteiger partial charge < -0.3 is 4.52 Å². The van der Waals surface area contributed by atoms with Crippen LogP contribution in [0.3, 0.4) is 0 Å². The fourth-order valence-electron chi connectivity index (χ4n) is 2.17. The Labute approximate surface area is 115 Å². The summed E-state index contributed by atoms with van der Waals surface area (Å²) in [5.74, 6) is 0. The minimum Gasteiger partial charge on any atom is -0.364 e. The second kappa shape index (κ2) is 5.07. The van der Waals surface area contributed by atoms with Gasteiger partial charge in [0.25, 0.3) is 10.0 Å². The minimum atomic E-state index is -3.34. The van der Waals surface area contributed by atoms with Crippen LogP contribution in [0.2, 0.25) is 0 Å². The molecule has 0 aromatic carbocycles. The normalized spacial score (nSPS) is 17.7. The van der Waals surface area contributed by atoms with Gasteiger partial charge in [-0.3, -0.25) is 0 Å². The van der Waals surface area contributed by atoms with Crippen LogP contribution in [0.4, 0.5) is 0 Å². The predicted molar refractivity (Wildman–Crippen MR) is 72.4 cm³/mol. The smallest absolute Gasteiger partial charge is 0.252 e. The van der Waals surface area contributed by atoms with Crippen molar-refractivity contribution in [2.24, 2.45) is 0 Å². The Hall–Kier alpha value is -1.18. The van der Waals surface area contributed by atoms with Crippen LogP contribution in [0.25, 0.3) is 10.6 Å². The number of sulfonamides is 1. The van der Waals surface area contributed by atoms with Gasteiger partial charge in [0, 0.05) is 19.2 Å². The molecule has 1 saturated heterocycles. The Kier molecular flexibility index (Phi) is 3.42. The molecule has 2 aromatic heterocycles. The summed E-state index contributed by atoms with van der Waals surface area (Å²) >= 11 is 1.24. The highest BCUT2D eigenvalue weighted by molar-refractivity contribution is 7.91. The standard InChI is InChI=1S/C12H14N2O3S2/c15-19(16,14-7-2-1-3-8-14)12-5-4-11(18-12)10-6-9-17-13-10/h4-6,9H,1-3,7-8H2. The number of hydrogen-bond donors (Lipinski definition) is 0. The van der Waals surface area contributed by atoms with Crippen molar-refractivity contribution in [1.82, 2.24) is 9.46 Å². The molecule has 102 valence electrons. The van der Waals surface area contributed by atoms with E-state index < -0.39 is 10.0 Å². The van der Waals surface area contributed by atoms with Crippen molar-refractivity contribution in [3.8, 4) is 10.6 Å². The number of aromatic nitrogens is 1. The molecule has 0 aliphatic carbocycles. The molecule has 0 saturated carbocycles. The lowest BCUT2D eigenvalue weighted by molar-refractivity contribution is 0.347. The van der Waals surface area contributed by atoms with Crippen LogP contribution in [0.5, 0.6) is 0 Å². The molecular formula is C12H14N2O3S2. The van der Waals surface area contributed by atoms with Crippen molar-refractivity contribution in [3.05, 3.63) is 24.5 Å². The first-order chi connectivity index (χ1) is 9.18. The molecule has 0 atom stereocenters. The van der Waals surface area contributed by atoms with E-state index in [1.54, 1.807) is 22.5 Å². The summed E-state index contributed by atoms with van der Waals surface area (Å²) in [4.78, 5) is 0.810. The molecule has 1 fully saturated rings. The van der Waals surface area contributed by atoms with E-state index in [1.807, 2.05) is 0 Å². The zero-order valence-corrected chi connectivity index (χ0v) is 11.9. The van der Waals surface area contributed by atoms with Gasteiger partial charge in [-0.05, 0) is 25.0 Å².